The predicted molar refractivity (Wildman–Crippen MR) is 58.1 cm³/mol. The fourth-order valence-corrected chi connectivity index (χ4v) is 2.15. The monoisotopic (exact) mass is 255 g/mol. The number of hydrogen-bond donors (Lipinski definition) is 1. The molecule has 0 bridgehead atoms. The first-order valence-electron chi connectivity index (χ1n) is 3.70. The molecule has 0 saturated heterocycles. The first-order chi connectivity index (χ1) is 6.25. The van der Waals surface area contributed by atoms with Gasteiger partial charge < -0.3 is 0 Å². The molecule has 1 aromatic heterocycles. The molecule has 13 heavy (non-hydrogen) atoms. The average Bonchev–Trinajstić information content (AvgIpc) is 2.52. The molecule has 0 unspecified atom stereocenters. The Balaban J connectivity index is 2.52. The summed E-state index contributed by atoms with van der Waals surface area (Å²) in [5.41, 5.74) is 1.01. The molecule has 0 radical (unpaired) electrons. The highest BCUT2D eigenvalue weighted by Gasteiger charge is 2.00. The van der Waals surface area contributed by atoms with Crippen LogP contribution in [0.25, 0.3) is 10.4 Å². The molecule has 1 aromatic carbocycles. The van der Waals surface area contributed by atoms with E-state index in [1.54, 1.807) is 6.07 Å². The fourth-order valence-electron chi connectivity index (χ4n) is 1.07. The van der Waals surface area contributed by atoms with E-state index in [0.29, 0.717) is 0 Å². The van der Waals surface area contributed by atoms with Gasteiger partial charge in [-0.25, -0.2) is 0 Å². The topological polar surface area (TPSA) is 32.9 Å². The number of rotatable bonds is 1. The number of nitrogens with one attached hydrogen (secondary N) is 1. The highest BCUT2D eigenvalue weighted by Crippen LogP contribution is 2.23. The summed E-state index contributed by atoms with van der Waals surface area (Å²) in [6.07, 6.45) is 0. The molecule has 4 heteroatoms. The highest BCUT2D eigenvalue weighted by atomic mass is 79.9. The van der Waals surface area contributed by atoms with E-state index in [1.165, 1.54) is 11.5 Å². The number of benzene rings is 1. The van der Waals surface area contributed by atoms with Crippen molar-refractivity contribution in [3.63, 3.8) is 0 Å². The van der Waals surface area contributed by atoms with Crippen molar-refractivity contribution < 1.29 is 0 Å². The Labute approximate surface area is 87.5 Å². The van der Waals surface area contributed by atoms with Crippen molar-refractivity contribution in [2.75, 3.05) is 0 Å². The third kappa shape index (κ3) is 1.89. The van der Waals surface area contributed by atoms with E-state index in [1.807, 2.05) is 24.3 Å². The van der Waals surface area contributed by atoms with Gasteiger partial charge in [0.25, 0.3) is 5.56 Å². The first-order valence-corrected chi connectivity index (χ1v) is 5.31. The van der Waals surface area contributed by atoms with Crippen molar-refractivity contribution in [2.45, 2.75) is 0 Å². The summed E-state index contributed by atoms with van der Waals surface area (Å²) in [4.78, 5) is 11.9. The Morgan fingerprint density at radius 2 is 2.15 bits per heavy atom. The van der Waals surface area contributed by atoms with Crippen molar-refractivity contribution in [2.24, 2.45) is 0 Å². The zero-order valence-electron chi connectivity index (χ0n) is 6.58. The lowest BCUT2D eigenvalue weighted by Gasteiger charge is -1.95. The van der Waals surface area contributed by atoms with E-state index in [0.717, 1.165) is 14.9 Å². The van der Waals surface area contributed by atoms with Gasteiger partial charge >= 0.3 is 0 Å². The predicted octanol–water partition coefficient (Wildman–Crippen LogP) is 2.87. The van der Waals surface area contributed by atoms with Crippen molar-refractivity contribution in [1.29, 1.82) is 0 Å². The van der Waals surface area contributed by atoms with Crippen LogP contribution in [-0.2, 0) is 0 Å². The molecule has 1 N–H and O–H groups in total. The SMILES string of the molecule is O=c1cc(-c2cccc(Br)c2)s[nH]1. The van der Waals surface area contributed by atoms with Gasteiger partial charge in [0.1, 0.15) is 0 Å². The maximum Gasteiger partial charge on any atom is 0.258 e. The third-order valence-corrected chi connectivity index (χ3v) is 3.00. The molecule has 0 aliphatic carbocycles. The van der Waals surface area contributed by atoms with Crippen LogP contribution in [0.5, 0.6) is 0 Å². The van der Waals surface area contributed by atoms with Crippen molar-refractivity contribution in [3.8, 4) is 10.4 Å². The maximum absolute atomic E-state index is 10.9. The minimum atomic E-state index is -0.0417. The van der Waals surface area contributed by atoms with Crippen LogP contribution in [0.2, 0.25) is 0 Å². The normalized spacial score (nSPS) is 10.2. The molecular formula is C9H6BrNOS. The molecule has 66 valence electrons. The molecule has 0 atom stereocenters. The summed E-state index contributed by atoms with van der Waals surface area (Å²) in [6.45, 7) is 0. The number of aromatic nitrogens is 1. The van der Waals surface area contributed by atoms with Gasteiger partial charge in [-0.15, -0.1) is 0 Å². The summed E-state index contributed by atoms with van der Waals surface area (Å²) in [5, 5.41) is 0. The zero-order valence-corrected chi connectivity index (χ0v) is 8.98. The van der Waals surface area contributed by atoms with Crippen LogP contribution >= 0.6 is 27.5 Å². The molecule has 0 aliphatic rings. The average molecular weight is 256 g/mol. The molecule has 0 amide bonds. The Morgan fingerprint density at radius 1 is 1.31 bits per heavy atom. The minimum absolute atomic E-state index is 0.0417. The van der Waals surface area contributed by atoms with E-state index in [4.69, 9.17) is 0 Å². The molecule has 1 heterocycles. The minimum Gasteiger partial charge on any atom is -0.277 e. The van der Waals surface area contributed by atoms with Crippen LogP contribution in [0, 0.1) is 0 Å². The summed E-state index contributed by atoms with van der Waals surface area (Å²) in [6, 6.07) is 9.47. The molecule has 0 fully saturated rings. The molecule has 0 spiro atoms. The smallest absolute Gasteiger partial charge is 0.258 e. The summed E-state index contributed by atoms with van der Waals surface area (Å²) in [7, 11) is 0. The number of hydrogen-bond acceptors (Lipinski definition) is 2. The Morgan fingerprint density at radius 3 is 2.77 bits per heavy atom. The standard InChI is InChI=1S/C9H6BrNOS/c10-7-3-1-2-6(4-7)8-5-9(12)11-13-8/h1-5H,(H,11,12). The van der Waals surface area contributed by atoms with Crippen LogP contribution < -0.4 is 5.56 Å². The van der Waals surface area contributed by atoms with E-state index >= 15 is 0 Å². The van der Waals surface area contributed by atoms with Gasteiger partial charge in [0.05, 0.1) is 4.88 Å². The Kier molecular flexibility index (Phi) is 2.33. The second-order valence-corrected chi connectivity index (χ2v) is 4.35. The van der Waals surface area contributed by atoms with Crippen molar-refractivity contribution in [1.82, 2.24) is 4.37 Å². The van der Waals surface area contributed by atoms with Gasteiger partial charge in [0.15, 0.2) is 0 Å². The zero-order chi connectivity index (χ0) is 9.26. The molecule has 2 aromatic rings. The van der Waals surface area contributed by atoms with Gasteiger partial charge in [0.2, 0.25) is 0 Å². The van der Waals surface area contributed by atoms with E-state index in [2.05, 4.69) is 20.3 Å². The van der Waals surface area contributed by atoms with Crippen LogP contribution in [0.4, 0.5) is 0 Å². The summed E-state index contributed by atoms with van der Waals surface area (Å²) < 4.78 is 3.68. The molecule has 0 saturated carbocycles. The lowest BCUT2D eigenvalue weighted by molar-refractivity contribution is 1.43. The van der Waals surface area contributed by atoms with Crippen molar-refractivity contribution >= 4 is 27.5 Å². The second kappa shape index (κ2) is 3.47. The van der Waals surface area contributed by atoms with Crippen LogP contribution in [0.1, 0.15) is 0 Å². The number of H-pyrrole nitrogens is 1. The molecule has 2 nitrogen and oxygen atoms in total. The van der Waals surface area contributed by atoms with Crippen LogP contribution in [0.15, 0.2) is 39.6 Å². The third-order valence-electron chi connectivity index (χ3n) is 1.63. The van der Waals surface area contributed by atoms with E-state index in [9.17, 15) is 4.79 Å². The van der Waals surface area contributed by atoms with Crippen LogP contribution in [0.3, 0.4) is 0 Å². The molecule has 2 rings (SSSR count). The quantitative estimate of drug-likeness (QED) is 0.836. The summed E-state index contributed by atoms with van der Waals surface area (Å²) >= 11 is 4.74. The molecular weight excluding hydrogens is 250 g/mol. The van der Waals surface area contributed by atoms with Gasteiger partial charge in [-0.3, -0.25) is 9.17 Å². The van der Waals surface area contributed by atoms with Gasteiger partial charge in [-0.2, -0.15) is 0 Å². The van der Waals surface area contributed by atoms with Gasteiger partial charge in [-0.1, -0.05) is 39.6 Å². The van der Waals surface area contributed by atoms with Crippen molar-refractivity contribution in [3.05, 3.63) is 45.2 Å². The lowest BCUT2D eigenvalue weighted by Crippen LogP contribution is -1.91. The highest BCUT2D eigenvalue weighted by molar-refractivity contribution is 9.10. The molecule has 0 aliphatic heterocycles. The fraction of sp³-hybridized carbons (Fsp3) is 0. The van der Waals surface area contributed by atoms with Gasteiger partial charge in [-0.05, 0) is 17.7 Å². The lowest BCUT2D eigenvalue weighted by atomic mass is 10.2. The largest absolute Gasteiger partial charge is 0.277 e. The van der Waals surface area contributed by atoms with Gasteiger partial charge in [0, 0.05) is 10.5 Å². The Bertz CT molecular complexity index is 474. The number of halogens is 1. The summed E-state index contributed by atoms with van der Waals surface area (Å²) in [5.74, 6) is 0. The second-order valence-electron chi connectivity index (χ2n) is 2.59. The Hall–Kier alpha value is -0.870. The van der Waals surface area contributed by atoms with Crippen LogP contribution in [-0.4, -0.2) is 4.37 Å². The van der Waals surface area contributed by atoms with E-state index < -0.39 is 0 Å². The first kappa shape index (κ1) is 8.72. The number of aromatic amines is 1. The maximum atomic E-state index is 10.9. The van der Waals surface area contributed by atoms with E-state index in [-0.39, 0.29) is 5.56 Å².